The first kappa shape index (κ1) is 12.5. The lowest BCUT2D eigenvalue weighted by molar-refractivity contribution is 0.775. The summed E-state index contributed by atoms with van der Waals surface area (Å²) in [5.74, 6) is 0.927. The van der Waals surface area contributed by atoms with Gasteiger partial charge < -0.3 is 4.57 Å². The van der Waals surface area contributed by atoms with Gasteiger partial charge in [0.2, 0.25) is 0 Å². The van der Waals surface area contributed by atoms with Gasteiger partial charge in [-0.15, -0.1) is 0 Å². The van der Waals surface area contributed by atoms with Crippen LogP contribution in [-0.4, -0.2) is 14.5 Å². The zero-order valence-corrected chi connectivity index (χ0v) is 12.7. The van der Waals surface area contributed by atoms with Gasteiger partial charge in [-0.3, -0.25) is 4.98 Å². The van der Waals surface area contributed by atoms with Crippen LogP contribution in [0.1, 0.15) is 24.4 Å². The van der Waals surface area contributed by atoms with Crippen LogP contribution in [0.3, 0.4) is 0 Å². The molecule has 1 aromatic carbocycles. The highest BCUT2D eigenvalue weighted by Crippen LogP contribution is 2.41. The lowest BCUT2D eigenvalue weighted by Crippen LogP contribution is -1.97. The minimum Gasteiger partial charge on any atom is -0.321 e. The first-order valence-electron chi connectivity index (χ1n) is 6.79. The average molecular weight is 339 g/mol. The van der Waals surface area contributed by atoms with Crippen molar-refractivity contribution in [1.82, 2.24) is 14.5 Å². The summed E-state index contributed by atoms with van der Waals surface area (Å²) < 4.78 is 3.21. The normalized spacial score (nSPS) is 14.3. The Morgan fingerprint density at radius 3 is 2.81 bits per heavy atom. The van der Waals surface area contributed by atoms with Gasteiger partial charge >= 0.3 is 0 Å². The van der Waals surface area contributed by atoms with Gasteiger partial charge in [0.15, 0.2) is 0 Å². The molecule has 1 aliphatic rings. The molecule has 102 valence electrons. The van der Waals surface area contributed by atoms with Crippen LogP contribution in [0.15, 0.2) is 41.1 Å². The molecule has 4 nitrogen and oxygen atoms in total. The molecule has 0 spiro atoms. The molecule has 4 rings (SSSR count). The maximum absolute atomic E-state index is 9.05. The summed E-state index contributed by atoms with van der Waals surface area (Å²) in [6.45, 7) is 0. The summed E-state index contributed by atoms with van der Waals surface area (Å²) in [6, 6.07) is 10.4. The lowest BCUT2D eigenvalue weighted by atomic mass is 10.2. The molecule has 0 N–H and O–H groups in total. The minimum atomic E-state index is 0.511. The third kappa shape index (κ3) is 2.12. The summed E-state index contributed by atoms with van der Waals surface area (Å²) in [5.41, 5.74) is 3.59. The van der Waals surface area contributed by atoms with E-state index in [2.05, 4.69) is 31.6 Å². The van der Waals surface area contributed by atoms with E-state index >= 15 is 0 Å². The number of halogens is 1. The van der Waals surface area contributed by atoms with E-state index in [9.17, 15) is 0 Å². The standard InChI is InChI=1S/C16H11BrN4/c17-12-6-11(8-19-9-12)16-20-14-5-10(7-18)1-4-15(14)21(16)13-2-3-13/h1,4-6,8-9,13H,2-3H2. The van der Waals surface area contributed by atoms with Crippen LogP contribution in [0, 0.1) is 11.3 Å². The average Bonchev–Trinajstić information content (AvgIpc) is 3.26. The zero-order valence-electron chi connectivity index (χ0n) is 11.1. The number of hydrogen-bond donors (Lipinski definition) is 0. The second-order valence-electron chi connectivity index (χ2n) is 5.24. The Morgan fingerprint density at radius 1 is 1.24 bits per heavy atom. The van der Waals surface area contributed by atoms with Gasteiger partial charge in [-0.25, -0.2) is 4.98 Å². The predicted molar refractivity (Wildman–Crippen MR) is 83.7 cm³/mol. The van der Waals surface area contributed by atoms with E-state index in [4.69, 9.17) is 10.2 Å². The fourth-order valence-corrected chi connectivity index (χ4v) is 2.97. The fourth-order valence-electron chi connectivity index (χ4n) is 2.61. The molecule has 0 aliphatic heterocycles. The van der Waals surface area contributed by atoms with E-state index in [0.29, 0.717) is 11.6 Å². The van der Waals surface area contributed by atoms with Crippen LogP contribution in [-0.2, 0) is 0 Å². The number of hydrogen-bond acceptors (Lipinski definition) is 3. The molecule has 0 saturated heterocycles. The van der Waals surface area contributed by atoms with Gasteiger partial charge in [-0.2, -0.15) is 5.26 Å². The Hall–Kier alpha value is -2.19. The highest BCUT2D eigenvalue weighted by atomic mass is 79.9. The summed E-state index contributed by atoms with van der Waals surface area (Å²) in [4.78, 5) is 8.98. The van der Waals surface area contributed by atoms with Gasteiger partial charge in [0.25, 0.3) is 0 Å². The Balaban J connectivity index is 1.99. The van der Waals surface area contributed by atoms with Crippen molar-refractivity contribution in [3.8, 4) is 17.5 Å². The minimum absolute atomic E-state index is 0.511. The lowest BCUT2D eigenvalue weighted by Gasteiger charge is -2.07. The molecule has 2 heterocycles. The van der Waals surface area contributed by atoms with E-state index < -0.39 is 0 Å². The molecule has 0 amide bonds. The third-order valence-corrected chi connectivity index (χ3v) is 4.13. The van der Waals surface area contributed by atoms with E-state index in [1.165, 1.54) is 12.8 Å². The monoisotopic (exact) mass is 338 g/mol. The van der Waals surface area contributed by atoms with Gasteiger partial charge in [-0.1, -0.05) is 0 Å². The second kappa shape index (κ2) is 4.68. The number of nitrogens with zero attached hydrogens (tertiary/aromatic N) is 4. The SMILES string of the molecule is N#Cc1ccc2c(c1)nc(-c1cncc(Br)c1)n2C1CC1. The smallest absolute Gasteiger partial charge is 0.142 e. The molecule has 0 radical (unpaired) electrons. The Labute approximate surface area is 130 Å². The fraction of sp³-hybridized carbons (Fsp3) is 0.188. The van der Waals surface area contributed by atoms with Gasteiger partial charge in [0.05, 0.1) is 22.7 Å². The molecule has 0 unspecified atom stereocenters. The van der Waals surface area contributed by atoms with Crippen molar-refractivity contribution in [2.75, 3.05) is 0 Å². The predicted octanol–water partition coefficient (Wildman–Crippen LogP) is 4.07. The Morgan fingerprint density at radius 2 is 2.10 bits per heavy atom. The van der Waals surface area contributed by atoms with Crippen LogP contribution < -0.4 is 0 Å². The van der Waals surface area contributed by atoms with Crippen molar-refractivity contribution in [2.45, 2.75) is 18.9 Å². The molecule has 0 atom stereocenters. The molecule has 1 aliphatic carbocycles. The molecule has 21 heavy (non-hydrogen) atoms. The number of aromatic nitrogens is 3. The van der Waals surface area contributed by atoms with Crippen LogP contribution >= 0.6 is 15.9 Å². The van der Waals surface area contributed by atoms with Crippen LogP contribution in [0.5, 0.6) is 0 Å². The number of imidazole rings is 1. The van der Waals surface area contributed by atoms with Crippen molar-refractivity contribution >= 4 is 27.0 Å². The number of rotatable bonds is 2. The maximum atomic E-state index is 9.05. The third-order valence-electron chi connectivity index (χ3n) is 3.69. The highest BCUT2D eigenvalue weighted by Gasteiger charge is 2.28. The molecule has 5 heteroatoms. The first-order chi connectivity index (χ1) is 10.3. The maximum Gasteiger partial charge on any atom is 0.142 e. The molecule has 1 fully saturated rings. The van der Waals surface area contributed by atoms with Crippen LogP contribution in [0.4, 0.5) is 0 Å². The molecular weight excluding hydrogens is 328 g/mol. The second-order valence-corrected chi connectivity index (χ2v) is 6.16. The van der Waals surface area contributed by atoms with Crippen LogP contribution in [0.2, 0.25) is 0 Å². The Kier molecular flexibility index (Phi) is 2.79. The first-order valence-corrected chi connectivity index (χ1v) is 7.58. The molecular formula is C16H11BrN4. The van der Waals surface area contributed by atoms with E-state index in [0.717, 1.165) is 26.9 Å². The number of nitriles is 1. The number of fused-ring (bicyclic) bond motifs is 1. The van der Waals surface area contributed by atoms with Crippen LogP contribution in [0.25, 0.3) is 22.4 Å². The molecule has 0 bridgehead atoms. The zero-order chi connectivity index (χ0) is 14.4. The summed E-state index contributed by atoms with van der Waals surface area (Å²) in [6.07, 6.45) is 5.96. The molecule has 2 aromatic heterocycles. The summed E-state index contributed by atoms with van der Waals surface area (Å²) in [5, 5.41) is 9.05. The van der Waals surface area contributed by atoms with Gasteiger partial charge in [0, 0.05) is 28.5 Å². The van der Waals surface area contributed by atoms with Crippen molar-refractivity contribution in [3.05, 3.63) is 46.7 Å². The number of benzene rings is 1. The van der Waals surface area contributed by atoms with Crippen molar-refractivity contribution in [1.29, 1.82) is 5.26 Å². The highest BCUT2D eigenvalue weighted by molar-refractivity contribution is 9.10. The van der Waals surface area contributed by atoms with E-state index in [-0.39, 0.29) is 0 Å². The molecule has 3 aromatic rings. The topological polar surface area (TPSA) is 54.5 Å². The summed E-state index contributed by atoms with van der Waals surface area (Å²) >= 11 is 3.46. The van der Waals surface area contributed by atoms with Crippen molar-refractivity contribution in [3.63, 3.8) is 0 Å². The van der Waals surface area contributed by atoms with E-state index in [1.54, 1.807) is 6.20 Å². The van der Waals surface area contributed by atoms with E-state index in [1.807, 2.05) is 30.5 Å². The number of pyridine rings is 1. The molecule has 1 saturated carbocycles. The van der Waals surface area contributed by atoms with Gasteiger partial charge in [0.1, 0.15) is 5.82 Å². The largest absolute Gasteiger partial charge is 0.321 e. The van der Waals surface area contributed by atoms with Crippen molar-refractivity contribution < 1.29 is 0 Å². The Bertz CT molecular complexity index is 887. The quantitative estimate of drug-likeness (QED) is 0.707. The van der Waals surface area contributed by atoms with Gasteiger partial charge in [-0.05, 0) is 53.0 Å². The summed E-state index contributed by atoms with van der Waals surface area (Å²) in [7, 11) is 0. The van der Waals surface area contributed by atoms with Crippen molar-refractivity contribution in [2.24, 2.45) is 0 Å².